The highest BCUT2D eigenvalue weighted by atomic mass is 32.2. The summed E-state index contributed by atoms with van der Waals surface area (Å²) in [5, 5.41) is 0. The van der Waals surface area contributed by atoms with Crippen LogP contribution >= 0.6 is 11.8 Å². The number of rotatable bonds is 2. The fraction of sp³-hybridized carbons (Fsp3) is 0.600. The fourth-order valence-electron chi connectivity index (χ4n) is 3.10. The van der Waals surface area contributed by atoms with Crippen molar-refractivity contribution in [3.05, 3.63) is 24.0 Å². The highest BCUT2D eigenvalue weighted by Gasteiger charge is 2.41. The Hall–Kier alpha value is -1.07. The summed E-state index contributed by atoms with van der Waals surface area (Å²) >= 11 is 1.98. The number of ether oxygens (including phenoxy) is 1. The van der Waals surface area contributed by atoms with Gasteiger partial charge in [0.2, 0.25) is 0 Å². The molecule has 0 radical (unpaired) electrons. The first-order valence-corrected chi connectivity index (χ1v) is 8.31. The molecule has 3 rings (SSSR count). The molecule has 2 aliphatic rings. The highest BCUT2D eigenvalue weighted by Crippen LogP contribution is 2.40. The van der Waals surface area contributed by atoms with E-state index in [0.717, 1.165) is 37.2 Å². The van der Waals surface area contributed by atoms with Gasteiger partial charge in [-0.05, 0) is 49.3 Å². The number of hydrogen-bond acceptors (Lipinski definition) is 5. The van der Waals surface area contributed by atoms with Gasteiger partial charge in [0, 0.05) is 12.5 Å². The van der Waals surface area contributed by atoms with E-state index in [1.165, 1.54) is 0 Å². The smallest absolute Gasteiger partial charge is 0.184 e. The van der Waals surface area contributed by atoms with E-state index >= 15 is 0 Å². The Labute approximate surface area is 123 Å². The Bertz CT molecular complexity index is 478. The molecule has 2 saturated heterocycles. The lowest BCUT2D eigenvalue weighted by atomic mass is 9.79. The quantitative estimate of drug-likeness (QED) is 0.849. The van der Waals surface area contributed by atoms with Gasteiger partial charge in [-0.2, -0.15) is 11.8 Å². The van der Waals surface area contributed by atoms with Crippen molar-refractivity contribution in [3.63, 3.8) is 0 Å². The van der Waals surface area contributed by atoms with Crippen LogP contribution in [0.4, 0.5) is 5.69 Å². The summed E-state index contributed by atoms with van der Waals surface area (Å²) in [6.45, 7) is 0.691. The van der Waals surface area contributed by atoms with E-state index in [-0.39, 0.29) is 17.3 Å². The van der Waals surface area contributed by atoms with Crippen molar-refractivity contribution < 1.29 is 9.53 Å². The molecule has 1 aromatic heterocycles. The summed E-state index contributed by atoms with van der Waals surface area (Å²) in [4.78, 5) is 16.7. The zero-order valence-corrected chi connectivity index (χ0v) is 12.3. The normalized spacial score (nSPS) is 25.5. The molecule has 0 saturated carbocycles. The number of anilines is 1. The molecule has 1 unspecified atom stereocenters. The number of carbonyl (C=O) groups is 1. The van der Waals surface area contributed by atoms with Gasteiger partial charge in [0.05, 0.1) is 17.5 Å². The predicted molar refractivity (Wildman–Crippen MR) is 80.9 cm³/mol. The number of pyridine rings is 1. The molecule has 2 aliphatic heterocycles. The van der Waals surface area contributed by atoms with E-state index in [9.17, 15) is 4.79 Å². The number of Topliss-reactive ketones (excluding diaryl/α,β-unsaturated/α-hetero) is 1. The second-order valence-corrected chi connectivity index (χ2v) is 6.90. The first-order valence-electron chi connectivity index (χ1n) is 7.16. The van der Waals surface area contributed by atoms with Crippen molar-refractivity contribution >= 4 is 23.2 Å². The zero-order chi connectivity index (χ0) is 14.0. The zero-order valence-electron chi connectivity index (χ0n) is 11.5. The first kappa shape index (κ1) is 13.9. The van der Waals surface area contributed by atoms with Gasteiger partial charge in [-0.3, -0.25) is 9.78 Å². The topological polar surface area (TPSA) is 65.2 Å². The van der Waals surface area contributed by atoms with Crippen LogP contribution in [0.2, 0.25) is 0 Å². The molecular formula is C15H20N2O2S. The van der Waals surface area contributed by atoms with Crippen LogP contribution in [0.15, 0.2) is 18.3 Å². The highest BCUT2D eigenvalue weighted by molar-refractivity contribution is 7.99. The minimum absolute atomic E-state index is 0.0444. The van der Waals surface area contributed by atoms with Crippen molar-refractivity contribution in [1.29, 1.82) is 0 Å². The van der Waals surface area contributed by atoms with Gasteiger partial charge in [0.25, 0.3) is 0 Å². The summed E-state index contributed by atoms with van der Waals surface area (Å²) in [6, 6.07) is 3.48. The average molecular weight is 292 g/mol. The molecular weight excluding hydrogens is 272 g/mol. The molecule has 4 nitrogen and oxygen atoms in total. The first-order chi connectivity index (χ1) is 9.69. The van der Waals surface area contributed by atoms with Gasteiger partial charge in [0.15, 0.2) is 5.78 Å². The van der Waals surface area contributed by atoms with Crippen LogP contribution in [0, 0.1) is 5.92 Å². The van der Waals surface area contributed by atoms with E-state index in [4.69, 9.17) is 10.5 Å². The molecule has 2 fully saturated rings. The van der Waals surface area contributed by atoms with Gasteiger partial charge in [0.1, 0.15) is 5.69 Å². The number of aromatic nitrogens is 1. The second-order valence-electron chi connectivity index (χ2n) is 5.67. The molecule has 0 aliphatic carbocycles. The van der Waals surface area contributed by atoms with E-state index < -0.39 is 0 Å². The molecule has 0 bridgehead atoms. The molecule has 20 heavy (non-hydrogen) atoms. The summed E-state index contributed by atoms with van der Waals surface area (Å²) in [5.41, 5.74) is 6.69. The van der Waals surface area contributed by atoms with Gasteiger partial charge >= 0.3 is 0 Å². The van der Waals surface area contributed by atoms with Gasteiger partial charge in [-0.25, -0.2) is 0 Å². The molecule has 0 amide bonds. The Morgan fingerprint density at radius 3 is 2.90 bits per heavy atom. The van der Waals surface area contributed by atoms with Crippen molar-refractivity contribution in [2.45, 2.75) is 31.3 Å². The second kappa shape index (κ2) is 5.74. The van der Waals surface area contributed by atoms with E-state index in [1.54, 1.807) is 18.3 Å². The van der Waals surface area contributed by atoms with Gasteiger partial charge in [-0.15, -0.1) is 0 Å². The van der Waals surface area contributed by atoms with Crippen LogP contribution in [0.1, 0.15) is 36.2 Å². The number of nitrogens with zero attached hydrogens (tertiary/aromatic N) is 1. The van der Waals surface area contributed by atoms with Crippen molar-refractivity contribution in [2.24, 2.45) is 5.92 Å². The lowest BCUT2D eigenvalue weighted by Crippen LogP contribution is -2.44. The van der Waals surface area contributed by atoms with Gasteiger partial charge < -0.3 is 10.5 Å². The number of nitrogen functional groups attached to an aromatic ring is 1. The SMILES string of the molecule is Nc1ccc(C(=O)C2CCOC3(CCSCC3)C2)nc1. The van der Waals surface area contributed by atoms with Crippen LogP contribution < -0.4 is 5.73 Å². The van der Waals surface area contributed by atoms with E-state index in [1.807, 2.05) is 11.8 Å². The third-order valence-corrected chi connectivity index (χ3v) is 5.29. The fourth-order valence-corrected chi connectivity index (χ4v) is 4.34. The summed E-state index contributed by atoms with van der Waals surface area (Å²) in [5.74, 6) is 2.47. The van der Waals surface area contributed by atoms with Gasteiger partial charge in [-0.1, -0.05) is 0 Å². The summed E-state index contributed by atoms with van der Waals surface area (Å²) < 4.78 is 6.04. The predicted octanol–water partition coefficient (Wildman–Crippen LogP) is 2.54. The molecule has 5 heteroatoms. The Morgan fingerprint density at radius 2 is 2.20 bits per heavy atom. The van der Waals surface area contributed by atoms with Crippen molar-refractivity contribution in [3.8, 4) is 0 Å². The minimum Gasteiger partial charge on any atom is -0.397 e. The number of carbonyl (C=O) groups excluding carboxylic acids is 1. The molecule has 1 aromatic rings. The molecule has 108 valence electrons. The molecule has 1 spiro atoms. The molecule has 0 aromatic carbocycles. The molecule has 3 heterocycles. The van der Waals surface area contributed by atoms with E-state index in [0.29, 0.717) is 18.0 Å². The standard InChI is InChI=1S/C15H20N2O2S/c16-12-1-2-13(17-10-12)14(18)11-3-6-19-15(9-11)4-7-20-8-5-15/h1-2,10-11H,3-9,16H2. The third kappa shape index (κ3) is 2.83. The van der Waals surface area contributed by atoms with Crippen LogP contribution in [0.3, 0.4) is 0 Å². The monoisotopic (exact) mass is 292 g/mol. The summed E-state index contributed by atoms with van der Waals surface area (Å²) in [7, 11) is 0. The van der Waals surface area contributed by atoms with Crippen molar-refractivity contribution in [1.82, 2.24) is 4.98 Å². The Balaban J connectivity index is 1.73. The van der Waals surface area contributed by atoms with Crippen LogP contribution in [-0.2, 0) is 4.74 Å². The lowest BCUT2D eigenvalue weighted by Gasteiger charge is -2.42. The van der Waals surface area contributed by atoms with Crippen molar-refractivity contribution in [2.75, 3.05) is 23.8 Å². The number of hydrogen-bond donors (Lipinski definition) is 1. The van der Waals surface area contributed by atoms with E-state index in [2.05, 4.69) is 4.98 Å². The minimum atomic E-state index is -0.0579. The lowest BCUT2D eigenvalue weighted by molar-refractivity contribution is -0.0960. The summed E-state index contributed by atoms with van der Waals surface area (Å²) in [6.07, 6.45) is 5.34. The number of nitrogens with two attached hydrogens (primary N) is 1. The molecule has 2 N–H and O–H groups in total. The Morgan fingerprint density at radius 1 is 1.40 bits per heavy atom. The van der Waals surface area contributed by atoms with Crippen LogP contribution in [0.25, 0.3) is 0 Å². The number of ketones is 1. The molecule has 1 atom stereocenters. The maximum Gasteiger partial charge on any atom is 0.184 e. The average Bonchev–Trinajstić information content (AvgIpc) is 2.48. The van der Waals surface area contributed by atoms with Crippen LogP contribution in [-0.4, -0.2) is 34.5 Å². The Kier molecular flexibility index (Phi) is 3.98. The third-order valence-electron chi connectivity index (χ3n) is 4.31. The largest absolute Gasteiger partial charge is 0.397 e. The van der Waals surface area contributed by atoms with Crippen LogP contribution in [0.5, 0.6) is 0 Å². The maximum absolute atomic E-state index is 12.6. The number of thioether (sulfide) groups is 1. The maximum atomic E-state index is 12.6.